The summed E-state index contributed by atoms with van der Waals surface area (Å²) in [6.07, 6.45) is 2.29. The molecular formula is C13H12N2O3S. The summed E-state index contributed by atoms with van der Waals surface area (Å²) in [4.78, 5) is 15.5. The van der Waals surface area contributed by atoms with E-state index in [1.807, 2.05) is 17.5 Å². The average molecular weight is 276 g/mol. The highest BCUT2D eigenvalue weighted by atomic mass is 32.1. The van der Waals surface area contributed by atoms with Gasteiger partial charge in [-0.2, -0.15) is 0 Å². The van der Waals surface area contributed by atoms with E-state index in [1.165, 1.54) is 29.3 Å². The summed E-state index contributed by atoms with van der Waals surface area (Å²) in [6.45, 7) is 0.586. The Labute approximate surface area is 114 Å². The third-order valence-electron chi connectivity index (χ3n) is 2.52. The van der Waals surface area contributed by atoms with Crippen LogP contribution in [0, 0.1) is 10.1 Å². The van der Waals surface area contributed by atoms with Crippen LogP contribution < -0.4 is 0 Å². The molecule has 2 rings (SSSR count). The molecule has 0 saturated heterocycles. The number of phenolic OH excluding ortho intramolecular Hbond substituents is 1. The van der Waals surface area contributed by atoms with E-state index in [9.17, 15) is 15.2 Å². The van der Waals surface area contributed by atoms with Gasteiger partial charge < -0.3 is 5.11 Å². The highest BCUT2D eigenvalue weighted by Gasteiger charge is 2.08. The molecule has 0 spiro atoms. The molecule has 0 aliphatic rings. The van der Waals surface area contributed by atoms with Gasteiger partial charge in [0.05, 0.1) is 4.92 Å². The third kappa shape index (κ3) is 3.62. The van der Waals surface area contributed by atoms with Crippen molar-refractivity contribution in [3.63, 3.8) is 0 Å². The van der Waals surface area contributed by atoms with Crippen molar-refractivity contribution in [1.29, 1.82) is 0 Å². The summed E-state index contributed by atoms with van der Waals surface area (Å²) >= 11 is 1.67. The molecule has 0 amide bonds. The molecule has 0 fully saturated rings. The minimum Gasteiger partial charge on any atom is -0.507 e. The standard InChI is InChI=1S/C13H12N2O3S/c16-13-4-3-11(15(17)18)8-10(13)9-14-6-5-12-2-1-7-19-12/h1-4,7-9,16H,5-6H2. The highest BCUT2D eigenvalue weighted by Crippen LogP contribution is 2.21. The number of thiophene rings is 1. The van der Waals surface area contributed by atoms with Crippen molar-refractivity contribution >= 4 is 23.2 Å². The molecule has 0 bridgehead atoms. The van der Waals surface area contributed by atoms with Crippen LogP contribution in [0.5, 0.6) is 5.75 Å². The van der Waals surface area contributed by atoms with Gasteiger partial charge in [0.25, 0.3) is 5.69 Å². The molecule has 0 saturated carbocycles. The van der Waals surface area contributed by atoms with Crippen molar-refractivity contribution in [1.82, 2.24) is 0 Å². The molecule has 0 aliphatic carbocycles. The van der Waals surface area contributed by atoms with Crippen LogP contribution in [-0.2, 0) is 6.42 Å². The zero-order valence-electron chi connectivity index (χ0n) is 10.0. The Hall–Kier alpha value is -2.21. The minimum atomic E-state index is -0.498. The molecule has 2 aromatic rings. The predicted molar refractivity (Wildman–Crippen MR) is 75.2 cm³/mol. The van der Waals surface area contributed by atoms with E-state index in [0.717, 1.165) is 6.42 Å². The van der Waals surface area contributed by atoms with Crippen molar-refractivity contribution in [2.45, 2.75) is 6.42 Å². The van der Waals surface area contributed by atoms with Crippen molar-refractivity contribution < 1.29 is 10.0 Å². The van der Waals surface area contributed by atoms with Gasteiger partial charge in [-0.05, 0) is 17.5 Å². The Bertz CT molecular complexity index is 594. The van der Waals surface area contributed by atoms with Crippen molar-refractivity contribution in [2.75, 3.05) is 6.54 Å². The van der Waals surface area contributed by atoms with Crippen molar-refractivity contribution in [2.24, 2.45) is 4.99 Å². The Balaban J connectivity index is 2.01. The van der Waals surface area contributed by atoms with Crippen LogP contribution in [0.4, 0.5) is 5.69 Å². The number of nitrogens with zero attached hydrogens (tertiary/aromatic N) is 2. The zero-order chi connectivity index (χ0) is 13.7. The van der Waals surface area contributed by atoms with Gasteiger partial charge in [-0.1, -0.05) is 6.07 Å². The molecule has 1 heterocycles. The first-order valence-corrected chi connectivity index (χ1v) is 6.54. The average Bonchev–Trinajstić information content (AvgIpc) is 2.89. The molecule has 0 radical (unpaired) electrons. The van der Waals surface area contributed by atoms with Gasteiger partial charge in [0.1, 0.15) is 5.75 Å². The van der Waals surface area contributed by atoms with Crippen LogP contribution >= 0.6 is 11.3 Å². The smallest absolute Gasteiger partial charge is 0.270 e. The number of hydrogen-bond acceptors (Lipinski definition) is 5. The van der Waals surface area contributed by atoms with Gasteiger partial charge in [-0.15, -0.1) is 11.3 Å². The van der Waals surface area contributed by atoms with Gasteiger partial charge in [0.2, 0.25) is 0 Å². The van der Waals surface area contributed by atoms with E-state index < -0.39 is 4.92 Å². The topological polar surface area (TPSA) is 75.7 Å². The van der Waals surface area contributed by atoms with Gasteiger partial charge in [-0.3, -0.25) is 15.1 Å². The van der Waals surface area contributed by atoms with Gasteiger partial charge >= 0.3 is 0 Å². The number of hydrogen-bond donors (Lipinski definition) is 1. The van der Waals surface area contributed by atoms with Gasteiger partial charge in [0, 0.05) is 41.8 Å². The van der Waals surface area contributed by atoms with Crippen molar-refractivity contribution in [3.05, 3.63) is 56.3 Å². The SMILES string of the molecule is O=[N+]([O-])c1ccc(O)c(C=NCCc2cccs2)c1. The quantitative estimate of drug-likeness (QED) is 0.518. The Morgan fingerprint density at radius 2 is 2.26 bits per heavy atom. The fourth-order valence-corrected chi connectivity index (χ4v) is 2.25. The normalized spacial score (nSPS) is 10.9. The maximum absolute atomic E-state index is 10.6. The molecule has 0 unspecified atom stereocenters. The zero-order valence-corrected chi connectivity index (χ0v) is 10.8. The fourth-order valence-electron chi connectivity index (χ4n) is 1.55. The molecule has 6 heteroatoms. The number of benzene rings is 1. The predicted octanol–water partition coefficient (Wildman–Crippen LogP) is 3.02. The number of aromatic hydroxyl groups is 1. The van der Waals surface area contributed by atoms with E-state index in [2.05, 4.69) is 4.99 Å². The molecular weight excluding hydrogens is 264 g/mol. The lowest BCUT2D eigenvalue weighted by Crippen LogP contribution is -1.92. The molecule has 1 N–H and O–H groups in total. The summed E-state index contributed by atoms with van der Waals surface area (Å²) < 4.78 is 0. The molecule has 0 atom stereocenters. The van der Waals surface area contributed by atoms with E-state index in [0.29, 0.717) is 12.1 Å². The van der Waals surface area contributed by atoms with Crippen molar-refractivity contribution in [3.8, 4) is 5.75 Å². The maximum atomic E-state index is 10.6. The van der Waals surface area contributed by atoms with E-state index >= 15 is 0 Å². The minimum absolute atomic E-state index is 0.00882. The third-order valence-corrected chi connectivity index (χ3v) is 3.46. The monoisotopic (exact) mass is 276 g/mol. The van der Waals surface area contributed by atoms with Gasteiger partial charge in [-0.25, -0.2) is 0 Å². The lowest BCUT2D eigenvalue weighted by atomic mass is 10.2. The fraction of sp³-hybridized carbons (Fsp3) is 0.154. The summed E-state index contributed by atoms with van der Waals surface area (Å²) in [5, 5.41) is 22.2. The molecule has 5 nitrogen and oxygen atoms in total. The first kappa shape index (κ1) is 13.2. The van der Waals surface area contributed by atoms with Crippen LogP contribution in [0.15, 0.2) is 40.7 Å². The van der Waals surface area contributed by atoms with Crippen LogP contribution in [0.2, 0.25) is 0 Å². The molecule has 1 aromatic heterocycles. The molecule has 0 aliphatic heterocycles. The number of non-ortho nitro benzene ring substituents is 1. The van der Waals surface area contributed by atoms with Crippen LogP contribution in [0.1, 0.15) is 10.4 Å². The number of aliphatic imine (C=N–C) groups is 1. The first-order valence-electron chi connectivity index (χ1n) is 5.66. The molecule has 1 aromatic carbocycles. The maximum Gasteiger partial charge on any atom is 0.270 e. The number of nitro groups is 1. The van der Waals surface area contributed by atoms with E-state index in [1.54, 1.807) is 11.3 Å². The number of nitro benzene ring substituents is 1. The second-order valence-corrected chi connectivity index (χ2v) is 4.90. The van der Waals surface area contributed by atoms with Crippen LogP contribution in [0.3, 0.4) is 0 Å². The largest absolute Gasteiger partial charge is 0.507 e. The Kier molecular flexibility index (Phi) is 4.25. The van der Waals surface area contributed by atoms with E-state index in [-0.39, 0.29) is 11.4 Å². The van der Waals surface area contributed by atoms with Crippen LogP contribution in [-0.4, -0.2) is 22.8 Å². The second kappa shape index (κ2) is 6.10. The molecule has 19 heavy (non-hydrogen) atoms. The second-order valence-electron chi connectivity index (χ2n) is 3.86. The summed E-state index contributed by atoms with van der Waals surface area (Å²) in [5.74, 6) is -0.00882. The summed E-state index contributed by atoms with van der Waals surface area (Å²) in [6, 6.07) is 7.89. The Morgan fingerprint density at radius 3 is 2.95 bits per heavy atom. The first-order chi connectivity index (χ1) is 9.16. The lowest BCUT2D eigenvalue weighted by molar-refractivity contribution is -0.384. The molecule has 98 valence electrons. The van der Waals surface area contributed by atoms with Gasteiger partial charge in [0.15, 0.2) is 0 Å². The number of rotatable bonds is 5. The highest BCUT2D eigenvalue weighted by molar-refractivity contribution is 7.09. The number of phenols is 1. The summed E-state index contributed by atoms with van der Waals surface area (Å²) in [5.41, 5.74) is 0.304. The lowest BCUT2D eigenvalue weighted by Gasteiger charge is -1.98. The summed E-state index contributed by atoms with van der Waals surface area (Å²) in [7, 11) is 0. The van der Waals surface area contributed by atoms with E-state index in [4.69, 9.17) is 0 Å². The Morgan fingerprint density at radius 1 is 1.42 bits per heavy atom. The van der Waals surface area contributed by atoms with Crippen LogP contribution in [0.25, 0.3) is 0 Å².